The van der Waals surface area contributed by atoms with E-state index in [1.165, 1.54) is 0 Å². The predicted octanol–water partition coefficient (Wildman–Crippen LogP) is 0.881. The van der Waals surface area contributed by atoms with Gasteiger partial charge in [0.25, 0.3) is 0 Å². The SMILES string of the molecule is O=C(NC1CCN2CCCC12)C1(C(F)(F)F)CCNC1. The van der Waals surface area contributed by atoms with Crippen molar-refractivity contribution in [2.75, 3.05) is 26.2 Å². The van der Waals surface area contributed by atoms with E-state index in [0.717, 1.165) is 32.4 Å². The molecule has 2 N–H and O–H groups in total. The molecule has 0 spiro atoms. The highest BCUT2D eigenvalue weighted by Crippen LogP contribution is 2.43. The topological polar surface area (TPSA) is 44.4 Å². The van der Waals surface area contributed by atoms with Gasteiger partial charge in [0, 0.05) is 25.2 Å². The first-order valence-electron chi connectivity index (χ1n) is 7.26. The number of alkyl halides is 3. The minimum atomic E-state index is -4.49. The average Bonchev–Trinajstić information content (AvgIpc) is 3.04. The third kappa shape index (κ3) is 2.11. The molecule has 3 aliphatic rings. The number of amides is 1. The van der Waals surface area contributed by atoms with Crippen molar-refractivity contribution in [2.24, 2.45) is 5.41 Å². The first kappa shape index (κ1) is 14.1. The molecule has 0 saturated carbocycles. The highest BCUT2D eigenvalue weighted by molar-refractivity contribution is 5.84. The Bertz CT molecular complexity index is 393. The van der Waals surface area contributed by atoms with E-state index in [2.05, 4.69) is 15.5 Å². The molecule has 0 radical (unpaired) electrons. The normalized spacial score (nSPS) is 38.1. The van der Waals surface area contributed by atoms with Gasteiger partial charge < -0.3 is 10.6 Å². The molecule has 4 nitrogen and oxygen atoms in total. The first-order valence-corrected chi connectivity index (χ1v) is 7.26. The molecular weight excluding hydrogens is 271 g/mol. The molecule has 3 aliphatic heterocycles. The molecule has 0 aliphatic carbocycles. The molecule has 114 valence electrons. The van der Waals surface area contributed by atoms with Crippen LogP contribution in [-0.2, 0) is 4.79 Å². The van der Waals surface area contributed by atoms with E-state index < -0.39 is 17.5 Å². The van der Waals surface area contributed by atoms with Crippen molar-refractivity contribution in [3.05, 3.63) is 0 Å². The zero-order valence-electron chi connectivity index (χ0n) is 11.3. The van der Waals surface area contributed by atoms with Gasteiger partial charge in [-0.1, -0.05) is 0 Å². The van der Waals surface area contributed by atoms with Gasteiger partial charge in [-0.25, -0.2) is 0 Å². The Morgan fingerprint density at radius 1 is 1.30 bits per heavy atom. The summed E-state index contributed by atoms with van der Waals surface area (Å²) in [5.74, 6) is -0.839. The van der Waals surface area contributed by atoms with Crippen LogP contribution in [0.4, 0.5) is 13.2 Å². The smallest absolute Gasteiger partial charge is 0.351 e. The van der Waals surface area contributed by atoms with Crippen molar-refractivity contribution < 1.29 is 18.0 Å². The summed E-state index contributed by atoms with van der Waals surface area (Å²) in [6.07, 6.45) is -1.85. The van der Waals surface area contributed by atoms with Gasteiger partial charge in [-0.15, -0.1) is 0 Å². The zero-order valence-corrected chi connectivity index (χ0v) is 11.3. The summed E-state index contributed by atoms with van der Waals surface area (Å²) in [5.41, 5.74) is -2.24. The number of carbonyl (C=O) groups excluding carboxylic acids is 1. The lowest BCUT2D eigenvalue weighted by Gasteiger charge is -2.32. The predicted molar refractivity (Wildman–Crippen MR) is 67.1 cm³/mol. The number of rotatable bonds is 2. The number of nitrogens with one attached hydrogen (secondary N) is 2. The molecule has 0 bridgehead atoms. The van der Waals surface area contributed by atoms with Crippen molar-refractivity contribution in [1.29, 1.82) is 0 Å². The van der Waals surface area contributed by atoms with Gasteiger partial charge in [-0.05, 0) is 38.8 Å². The fourth-order valence-electron chi connectivity index (χ4n) is 3.81. The molecule has 3 rings (SSSR count). The average molecular weight is 291 g/mol. The summed E-state index contributed by atoms with van der Waals surface area (Å²) < 4.78 is 39.9. The van der Waals surface area contributed by atoms with Crippen molar-refractivity contribution in [1.82, 2.24) is 15.5 Å². The van der Waals surface area contributed by atoms with E-state index in [4.69, 9.17) is 0 Å². The van der Waals surface area contributed by atoms with Crippen LogP contribution in [0.25, 0.3) is 0 Å². The van der Waals surface area contributed by atoms with E-state index in [1.807, 2.05) is 0 Å². The van der Waals surface area contributed by atoms with Gasteiger partial charge in [0.15, 0.2) is 5.41 Å². The third-order valence-corrected chi connectivity index (χ3v) is 5.06. The number of nitrogens with zero attached hydrogens (tertiary/aromatic N) is 1. The van der Waals surface area contributed by atoms with Crippen LogP contribution in [0.5, 0.6) is 0 Å². The summed E-state index contributed by atoms with van der Waals surface area (Å²) in [5, 5.41) is 5.38. The van der Waals surface area contributed by atoms with Gasteiger partial charge in [0.1, 0.15) is 0 Å². The Balaban J connectivity index is 1.72. The van der Waals surface area contributed by atoms with Crippen LogP contribution in [-0.4, -0.2) is 55.2 Å². The summed E-state index contributed by atoms with van der Waals surface area (Å²) in [7, 11) is 0. The minimum absolute atomic E-state index is 0.121. The molecular formula is C13H20F3N3O. The quantitative estimate of drug-likeness (QED) is 0.794. The number of carbonyl (C=O) groups is 1. The lowest BCUT2D eigenvalue weighted by Crippen LogP contribution is -2.55. The Labute approximate surface area is 116 Å². The van der Waals surface area contributed by atoms with Crippen molar-refractivity contribution >= 4 is 5.91 Å². The number of hydrogen-bond acceptors (Lipinski definition) is 3. The molecule has 0 aromatic heterocycles. The third-order valence-electron chi connectivity index (χ3n) is 5.06. The molecule has 3 atom stereocenters. The van der Waals surface area contributed by atoms with Crippen LogP contribution < -0.4 is 10.6 Å². The van der Waals surface area contributed by atoms with E-state index in [1.54, 1.807) is 0 Å². The van der Waals surface area contributed by atoms with Gasteiger partial charge in [-0.3, -0.25) is 9.69 Å². The van der Waals surface area contributed by atoms with E-state index in [-0.39, 0.29) is 31.6 Å². The van der Waals surface area contributed by atoms with Crippen LogP contribution in [0.1, 0.15) is 25.7 Å². The van der Waals surface area contributed by atoms with Crippen LogP contribution in [0.15, 0.2) is 0 Å². The highest BCUT2D eigenvalue weighted by Gasteiger charge is 2.61. The summed E-state index contributed by atoms with van der Waals surface area (Å²) in [6.45, 7) is 1.83. The highest BCUT2D eigenvalue weighted by atomic mass is 19.4. The summed E-state index contributed by atoms with van der Waals surface area (Å²) >= 11 is 0. The Hall–Kier alpha value is -0.820. The molecule has 0 aromatic carbocycles. The van der Waals surface area contributed by atoms with Crippen LogP contribution >= 0.6 is 0 Å². The number of hydrogen-bond donors (Lipinski definition) is 2. The largest absolute Gasteiger partial charge is 0.404 e. The van der Waals surface area contributed by atoms with Gasteiger partial charge in [-0.2, -0.15) is 13.2 Å². The molecule has 7 heteroatoms. The molecule has 0 aromatic rings. The fourth-order valence-corrected chi connectivity index (χ4v) is 3.81. The second-order valence-electron chi connectivity index (χ2n) is 6.12. The maximum absolute atomic E-state index is 13.3. The number of fused-ring (bicyclic) bond motifs is 1. The van der Waals surface area contributed by atoms with Crippen molar-refractivity contribution in [3.8, 4) is 0 Å². The van der Waals surface area contributed by atoms with E-state index in [0.29, 0.717) is 0 Å². The van der Waals surface area contributed by atoms with Crippen LogP contribution in [0.3, 0.4) is 0 Å². The monoisotopic (exact) mass is 291 g/mol. The maximum atomic E-state index is 13.3. The van der Waals surface area contributed by atoms with Gasteiger partial charge in [0.2, 0.25) is 5.91 Å². The summed E-state index contributed by atoms with van der Waals surface area (Å²) in [6, 6.07) is 0.114. The Kier molecular flexibility index (Phi) is 3.44. The van der Waals surface area contributed by atoms with E-state index in [9.17, 15) is 18.0 Å². The molecule has 3 heterocycles. The van der Waals surface area contributed by atoms with Crippen molar-refractivity contribution in [3.63, 3.8) is 0 Å². The van der Waals surface area contributed by atoms with Crippen molar-refractivity contribution in [2.45, 2.75) is 43.9 Å². The molecule has 3 saturated heterocycles. The van der Waals surface area contributed by atoms with Gasteiger partial charge in [0.05, 0.1) is 0 Å². The second-order valence-corrected chi connectivity index (χ2v) is 6.12. The lowest BCUT2D eigenvalue weighted by atomic mass is 9.84. The standard InChI is InChI=1S/C13H20F3N3O/c14-13(15,16)12(4-5-17-8-12)11(20)18-9-3-7-19-6-1-2-10(9)19/h9-10,17H,1-8H2,(H,18,20). The second kappa shape index (κ2) is 4.87. The zero-order chi connectivity index (χ0) is 14.4. The molecule has 3 unspecified atom stereocenters. The minimum Gasteiger partial charge on any atom is -0.351 e. The molecule has 3 fully saturated rings. The molecule has 1 amide bonds. The Morgan fingerprint density at radius 3 is 2.75 bits per heavy atom. The Morgan fingerprint density at radius 2 is 2.10 bits per heavy atom. The lowest BCUT2D eigenvalue weighted by molar-refractivity contribution is -0.216. The van der Waals surface area contributed by atoms with Crippen LogP contribution in [0, 0.1) is 5.41 Å². The van der Waals surface area contributed by atoms with Gasteiger partial charge >= 0.3 is 6.18 Å². The first-order chi connectivity index (χ1) is 9.44. The fraction of sp³-hybridized carbons (Fsp3) is 0.923. The van der Waals surface area contributed by atoms with Crippen LogP contribution in [0.2, 0.25) is 0 Å². The molecule has 20 heavy (non-hydrogen) atoms. The summed E-state index contributed by atoms with van der Waals surface area (Å²) in [4.78, 5) is 14.5. The van der Waals surface area contributed by atoms with E-state index >= 15 is 0 Å². The maximum Gasteiger partial charge on any atom is 0.404 e. The number of halogens is 3.